The van der Waals surface area contributed by atoms with E-state index in [1.54, 1.807) is 12.1 Å². The van der Waals surface area contributed by atoms with Gasteiger partial charge in [0, 0.05) is 30.5 Å². The number of aryl methyl sites for hydroxylation is 1. The number of unbranched alkanes of at least 4 members (excludes halogenated alkanes) is 2. The first-order valence-corrected chi connectivity index (χ1v) is 10.3. The zero-order valence-corrected chi connectivity index (χ0v) is 17.3. The van der Waals surface area contributed by atoms with E-state index in [4.69, 9.17) is 0 Å². The Bertz CT molecular complexity index is 947. The Kier molecular flexibility index (Phi) is 7.23. The fraction of sp³-hybridized carbons (Fsp3) is 0.320. The van der Waals surface area contributed by atoms with Crippen LogP contribution in [-0.4, -0.2) is 21.9 Å². The van der Waals surface area contributed by atoms with Crippen molar-refractivity contribution in [3.8, 4) is 0 Å². The van der Waals surface area contributed by atoms with Crippen LogP contribution in [0.5, 0.6) is 0 Å². The highest BCUT2D eigenvalue weighted by molar-refractivity contribution is 5.95. The van der Waals surface area contributed by atoms with Gasteiger partial charge in [-0.05, 0) is 54.8 Å². The predicted octanol–water partition coefficient (Wildman–Crippen LogP) is 5.82. The normalized spacial score (nSPS) is 10.9. The molecule has 0 radical (unpaired) electrons. The summed E-state index contributed by atoms with van der Waals surface area (Å²) in [5, 5.41) is 0. The minimum Gasteiger partial charge on any atom is -0.345 e. The molecule has 0 aliphatic carbocycles. The summed E-state index contributed by atoms with van der Waals surface area (Å²) in [6, 6.07) is 18.4. The molecule has 1 amide bonds. The number of benzene rings is 2. The quantitative estimate of drug-likeness (QED) is 0.422. The van der Waals surface area contributed by atoms with Gasteiger partial charge in [0.1, 0.15) is 5.82 Å². The first-order chi connectivity index (χ1) is 14.1. The zero-order valence-electron chi connectivity index (χ0n) is 17.3. The van der Waals surface area contributed by atoms with Gasteiger partial charge in [0.15, 0.2) is 0 Å². The average Bonchev–Trinajstić information content (AvgIpc) is 3.14. The molecule has 0 bridgehead atoms. The summed E-state index contributed by atoms with van der Waals surface area (Å²) in [7, 11) is 0. The molecular formula is C25H29FN2O. The molecule has 3 aromatic rings. The lowest BCUT2D eigenvalue weighted by Crippen LogP contribution is -2.33. The minimum atomic E-state index is -0.230. The highest BCUT2D eigenvalue weighted by Gasteiger charge is 2.18. The van der Waals surface area contributed by atoms with E-state index in [-0.39, 0.29) is 11.7 Å². The van der Waals surface area contributed by atoms with Crippen LogP contribution in [0.2, 0.25) is 0 Å². The number of carbonyl (C=O) groups is 1. The summed E-state index contributed by atoms with van der Waals surface area (Å²) in [6.07, 6.45) is 5.19. The van der Waals surface area contributed by atoms with Crippen LogP contribution < -0.4 is 0 Å². The predicted molar refractivity (Wildman–Crippen MR) is 115 cm³/mol. The van der Waals surface area contributed by atoms with E-state index in [1.165, 1.54) is 6.07 Å². The Morgan fingerprint density at radius 3 is 2.62 bits per heavy atom. The molecule has 2 aromatic carbocycles. The Morgan fingerprint density at radius 1 is 1.03 bits per heavy atom. The number of carbonyl (C=O) groups excluding carboxylic acids is 1. The fourth-order valence-electron chi connectivity index (χ4n) is 3.56. The largest absolute Gasteiger partial charge is 0.345 e. The maximum absolute atomic E-state index is 13.5. The highest BCUT2D eigenvalue weighted by Crippen LogP contribution is 2.17. The molecule has 0 aliphatic rings. The fourth-order valence-corrected chi connectivity index (χ4v) is 3.56. The standard InChI is InChI=1S/C25H29FN2O/c1-3-4-7-15-28(25(29)24-14-6-5-10-20(24)2)19-23-13-9-16-27(23)18-21-11-8-12-22(26)17-21/h5-6,8-14,16-17H,3-4,7,15,18-19H2,1-2H3. The lowest BCUT2D eigenvalue weighted by Gasteiger charge is -2.24. The van der Waals surface area contributed by atoms with E-state index >= 15 is 0 Å². The van der Waals surface area contributed by atoms with Crippen LogP contribution in [0, 0.1) is 12.7 Å². The third-order valence-electron chi connectivity index (χ3n) is 5.21. The first-order valence-electron chi connectivity index (χ1n) is 10.3. The molecule has 0 saturated heterocycles. The maximum Gasteiger partial charge on any atom is 0.254 e. The van der Waals surface area contributed by atoms with E-state index in [0.29, 0.717) is 13.1 Å². The van der Waals surface area contributed by atoms with Gasteiger partial charge in [-0.2, -0.15) is 0 Å². The molecular weight excluding hydrogens is 363 g/mol. The van der Waals surface area contributed by atoms with Crippen LogP contribution in [0.1, 0.15) is 53.4 Å². The average molecular weight is 393 g/mol. The van der Waals surface area contributed by atoms with Crippen molar-refractivity contribution in [1.82, 2.24) is 9.47 Å². The number of halogens is 1. The van der Waals surface area contributed by atoms with E-state index < -0.39 is 0 Å². The van der Waals surface area contributed by atoms with Crippen molar-refractivity contribution < 1.29 is 9.18 Å². The van der Waals surface area contributed by atoms with Crippen molar-refractivity contribution in [1.29, 1.82) is 0 Å². The van der Waals surface area contributed by atoms with Crippen molar-refractivity contribution in [3.63, 3.8) is 0 Å². The maximum atomic E-state index is 13.5. The van der Waals surface area contributed by atoms with E-state index in [1.807, 2.05) is 60.5 Å². The molecule has 3 rings (SSSR count). The minimum absolute atomic E-state index is 0.0673. The second kappa shape index (κ2) is 10.1. The Morgan fingerprint density at radius 2 is 1.86 bits per heavy atom. The smallest absolute Gasteiger partial charge is 0.254 e. The van der Waals surface area contributed by atoms with Gasteiger partial charge in [-0.3, -0.25) is 4.79 Å². The Labute approximate surface area is 172 Å². The molecule has 29 heavy (non-hydrogen) atoms. The molecule has 1 heterocycles. The lowest BCUT2D eigenvalue weighted by atomic mass is 10.1. The molecule has 3 nitrogen and oxygen atoms in total. The first kappa shape index (κ1) is 20.8. The molecule has 0 unspecified atom stereocenters. The number of aromatic nitrogens is 1. The summed E-state index contributed by atoms with van der Waals surface area (Å²) < 4.78 is 15.6. The second-order valence-electron chi connectivity index (χ2n) is 7.51. The number of nitrogens with zero attached hydrogens (tertiary/aromatic N) is 2. The summed E-state index contributed by atoms with van der Waals surface area (Å²) in [5.74, 6) is -0.162. The number of hydrogen-bond donors (Lipinski definition) is 0. The summed E-state index contributed by atoms with van der Waals surface area (Å²) in [5.41, 5.74) is 3.71. The van der Waals surface area contributed by atoms with Crippen molar-refractivity contribution in [2.45, 2.75) is 46.2 Å². The Balaban J connectivity index is 1.80. The van der Waals surface area contributed by atoms with Gasteiger partial charge in [0.2, 0.25) is 0 Å². The van der Waals surface area contributed by atoms with Crippen LogP contribution in [0.3, 0.4) is 0 Å². The molecule has 152 valence electrons. The van der Waals surface area contributed by atoms with Crippen molar-refractivity contribution in [2.75, 3.05) is 6.54 Å². The van der Waals surface area contributed by atoms with Gasteiger partial charge in [-0.1, -0.05) is 50.1 Å². The number of amides is 1. The van der Waals surface area contributed by atoms with Gasteiger partial charge in [-0.25, -0.2) is 4.39 Å². The summed E-state index contributed by atoms with van der Waals surface area (Å²) in [6.45, 7) is 5.99. The van der Waals surface area contributed by atoms with Gasteiger partial charge >= 0.3 is 0 Å². The zero-order chi connectivity index (χ0) is 20.6. The second-order valence-corrected chi connectivity index (χ2v) is 7.51. The Hall–Kier alpha value is -2.88. The van der Waals surface area contributed by atoms with Crippen LogP contribution in [0.15, 0.2) is 66.9 Å². The van der Waals surface area contributed by atoms with Crippen LogP contribution in [0.25, 0.3) is 0 Å². The molecule has 0 N–H and O–H groups in total. The van der Waals surface area contributed by atoms with E-state index in [0.717, 1.165) is 48.2 Å². The van der Waals surface area contributed by atoms with E-state index in [9.17, 15) is 9.18 Å². The third kappa shape index (κ3) is 5.57. The van der Waals surface area contributed by atoms with Gasteiger partial charge in [-0.15, -0.1) is 0 Å². The number of hydrogen-bond acceptors (Lipinski definition) is 1. The summed E-state index contributed by atoms with van der Waals surface area (Å²) in [4.78, 5) is 15.2. The van der Waals surface area contributed by atoms with Crippen molar-refractivity contribution >= 4 is 5.91 Å². The molecule has 1 aromatic heterocycles. The van der Waals surface area contributed by atoms with Crippen molar-refractivity contribution in [3.05, 3.63) is 95.1 Å². The van der Waals surface area contributed by atoms with Gasteiger partial charge < -0.3 is 9.47 Å². The number of rotatable bonds is 9. The summed E-state index contributed by atoms with van der Waals surface area (Å²) >= 11 is 0. The molecule has 0 fully saturated rings. The topological polar surface area (TPSA) is 25.2 Å². The van der Waals surface area contributed by atoms with Gasteiger partial charge in [0.05, 0.1) is 6.54 Å². The monoisotopic (exact) mass is 392 g/mol. The van der Waals surface area contributed by atoms with Crippen molar-refractivity contribution in [2.24, 2.45) is 0 Å². The third-order valence-corrected chi connectivity index (χ3v) is 5.21. The van der Waals surface area contributed by atoms with Gasteiger partial charge in [0.25, 0.3) is 5.91 Å². The molecule has 0 saturated carbocycles. The molecule has 0 spiro atoms. The van der Waals surface area contributed by atoms with Crippen LogP contribution in [-0.2, 0) is 13.1 Å². The van der Waals surface area contributed by atoms with Crippen LogP contribution >= 0.6 is 0 Å². The highest BCUT2D eigenvalue weighted by atomic mass is 19.1. The van der Waals surface area contributed by atoms with E-state index in [2.05, 4.69) is 11.5 Å². The lowest BCUT2D eigenvalue weighted by molar-refractivity contribution is 0.0735. The molecule has 4 heteroatoms. The SMILES string of the molecule is CCCCCN(Cc1cccn1Cc1cccc(F)c1)C(=O)c1ccccc1C. The molecule has 0 atom stereocenters. The molecule has 0 aliphatic heterocycles. The van der Waals surface area contributed by atoms with Crippen LogP contribution in [0.4, 0.5) is 4.39 Å².